The lowest BCUT2D eigenvalue weighted by atomic mass is 10.3. The molecule has 0 aromatic carbocycles. The smallest absolute Gasteiger partial charge is 0.191 e. The van der Waals surface area contributed by atoms with E-state index in [2.05, 4.69) is 37.4 Å². The van der Waals surface area contributed by atoms with Gasteiger partial charge in [-0.05, 0) is 19.0 Å². The molecule has 0 radical (unpaired) electrons. The number of halogens is 1. The minimum atomic E-state index is 0. The first-order chi connectivity index (χ1) is 11.3. The van der Waals surface area contributed by atoms with E-state index in [4.69, 9.17) is 0 Å². The van der Waals surface area contributed by atoms with E-state index in [0.29, 0.717) is 0 Å². The van der Waals surface area contributed by atoms with Gasteiger partial charge in [0.05, 0.1) is 0 Å². The molecule has 0 spiro atoms. The molecule has 0 aliphatic carbocycles. The van der Waals surface area contributed by atoms with Crippen LogP contribution in [0.3, 0.4) is 0 Å². The number of nitrogens with zero attached hydrogens (tertiary/aromatic N) is 5. The SMILES string of the molecule is CCN1CCN(CCNC(=NC)NCCCn2cccn2)CC1.I. The highest BCUT2D eigenvalue weighted by Gasteiger charge is 2.14. The molecule has 0 saturated carbocycles. The largest absolute Gasteiger partial charge is 0.356 e. The van der Waals surface area contributed by atoms with E-state index in [1.54, 1.807) is 0 Å². The summed E-state index contributed by atoms with van der Waals surface area (Å²) in [4.78, 5) is 9.30. The number of likely N-dealkylation sites (N-methyl/N-ethyl adjacent to an activating group) is 1. The van der Waals surface area contributed by atoms with Gasteiger partial charge in [-0.1, -0.05) is 6.92 Å². The van der Waals surface area contributed by atoms with Crippen LogP contribution in [0.5, 0.6) is 0 Å². The van der Waals surface area contributed by atoms with E-state index in [0.717, 1.165) is 38.6 Å². The number of hydrogen-bond acceptors (Lipinski definition) is 4. The average molecular weight is 449 g/mol. The fourth-order valence-electron chi connectivity index (χ4n) is 2.76. The maximum Gasteiger partial charge on any atom is 0.191 e. The Labute approximate surface area is 162 Å². The van der Waals surface area contributed by atoms with Gasteiger partial charge < -0.3 is 15.5 Å². The van der Waals surface area contributed by atoms with Crippen LogP contribution < -0.4 is 10.6 Å². The number of hydrogen-bond donors (Lipinski definition) is 2. The molecule has 2 heterocycles. The zero-order valence-corrected chi connectivity index (χ0v) is 17.3. The van der Waals surface area contributed by atoms with Gasteiger partial charge in [0, 0.05) is 71.8 Å². The van der Waals surface area contributed by atoms with Crippen molar-refractivity contribution in [1.82, 2.24) is 30.2 Å². The van der Waals surface area contributed by atoms with Crippen LogP contribution in [0, 0.1) is 0 Å². The van der Waals surface area contributed by atoms with Crippen LogP contribution in [0.25, 0.3) is 0 Å². The van der Waals surface area contributed by atoms with Gasteiger partial charge in [0.2, 0.25) is 0 Å². The van der Waals surface area contributed by atoms with Gasteiger partial charge >= 0.3 is 0 Å². The number of guanidine groups is 1. The lowest BCUT2D eigenvalue weighted by Gasteiger charge is -2.34. The molecule has 8 heteroatoms. The first kappa shape index (κ1) is 21.2. The molecule has 1 fully saturated rings. The highest BCUT2D eigenvalue weighted by molar-refractivity contribution is 14.0. The Balaban J connectivity index is 0.00000288. The van der Waals surface area contributed by atoms with E-state index in [-0.39, 0.29) is 24.0 Å². The summed E-state index contributed by atoms with van der Waals surface area (Å²) in [5.74, 6) is 0.887. The van der Waals surface area contributed by atoms with Crippen molar-refractivity contribution in [2.75, 3.05) is 59.4 Å². The molecule has 1 saturated heterocycles. The molecule has 1 aromatic heterocycles. The number of nitrogens with one attached hydrogen (secondary N) is 2. The number of aromatic nitrogens is 2. The van der Waals surface area contributed by atoms with Crippen LogP contribution in [0.1, 0.15) is 13.3 Å². The summed E-state index contributed by atoms with van der Waals surface area (Å²) in [7, 11) is 1.82. The van der Waals surface area contributed by atoms with E-state index < -0.39 is 0 Å². The lowest BCUT2D eigenvalue weighted by Crippen LogP contribution is -2.49. The van der Waals surface area contributed by atoms with Gasteiger partial charge in [0.1, 0.15) is 0 Å². The van der Waals surface area contributed by atoms with Crippen LogP contribution in [-0.2, 0) is 6.54 Å². The Hall–Kier alpha value is -0.870. The molecule has 0 atom stereocenters. The Morgan fingerprint density at radius 3 is 2.42 bits per heavy atom. The van der Waals surface area contributed by atoms with Crippen molar-refractivity contribution in [1.29, 1.82) is 0 Å². The van der Waals surface area contributed by atoms with Crippen LogP contribution in [0.4, 0.5) is 0 Å². The maximum atomic E-state index is 4.28. The summed E-state index contributed by atoms with van der Waals surface area (Å²) in [5, 5.41) is 11.0. The molecule has 0 amide bonds. The molecular weight excluding hydrogens is 417 g/mol. The summed E-state index contributed by atoms with van der Waals surface area (Å²) >= 11 is 0. The van der Waals surface area contributed by atoms with Crippen molar-refractivity contribution in [3.8, 4) is 0 Å². The predicted molar refractivity (Wildman–Crippen MR) is 110 cm³/mol. The van der Waals surface area contributed by atoms with Crippen LogP contribution in [0.2, 0.25) is 0 Å². The number of rotatable bonds is 8. The van der Waals surface area contributed by atoms with Crippen molar-refractivity contribution in [2.45, 2.75) is 19.9 Å². The monoisotopic (exact) mass is 449 g/mol. The Morgan fingerprint density at radius 1 is 1.08 bits per heavy atom. The Morgan fingerprint density at radius 2 is 1.79 bits per heavy atom. The van der Waals surface area contributed by atoms with E-state index in [9.17, 15) is 0 Å². The molecule has 0 unspecified atom stereocenters. The lowest BCUT2D eigenvalue weighted by molar-refractivity contribution is 0.139. The van der Waals surface area contributed by atoms with Crippen LogP contribution >= 0.6 is 24.0 Å². The van der Waals surface area contributed by atoms with Gasteiger partial charge in [-0.2, -0.15) is 5.10 Å². The average Bonchev–Trinajstić information content (AvgIpc) is 3.11. The standard InChI is InChI=1S/C16H31N7.HI/c1-3-21-12-14-22(15-13-21)11-8-19-16(17-2)18-6-4-9-23-10-5-7-20-23;/h5,7,10H,3-4,6,8-9,11-15H2,1-2H3,(H2,17,18,19);1H. The summed E-state index contributed by atoms with van der Waals surface area (Å²) in [5.41, 5.74) is 0. The van der Waals surface area contributed by atoms with Crippen LogP contribution in [0.15, 0.2) is 23.5 Å². The second-order valence-electron chi connectivity index (χ2n) is 5.82. The number of aryl methyl sites for hydroxylation is 1. The molecule has 1 aliphatic heterocycles. The van der Waals surface area contributed by atoms with E-state index in [1.807, 2.05) is 30.2 Å². The van der Waals surface area contributed by atoms with Gasteiger partial charge in [0.25, 0.3) is 0 Å². The topological polar surface area (TPSA) is 60.7 Å². The van der Waals surface area contributed by atoms with Crippen molar-refractivity contribution in [3.63, 3.8) is 0 Å². The predicted octanol–water partition coefficient (Wildman–Crippen LogP) is 0.694. The van der Waals surface area contributed by atoms with Gasteiger partial charge in [0.15, 0.2) is 5.96 Å². The first-order valence-corrected chi connectivity index (χ1v) is 8.68. The third kappa shape index (κ3) is 7.80. The summed E-state index contributed by atoms with van der Waals surface area (Å²) in [6.07, 6.45) is 4.83. The van der Waals surface area contributed by atoms with Gasteiger partial charge in [-0.25, -0.2) is 0 Å². The molecule has 1 aromatic rings. The molecule has 2 rings (SSSR count). The fourth-order valence-corrected chi connectivity index (χ4v) is 2.76. The molecule has 0 bridgehead atoms. The van der Waals surface area contributed by atoms with Crippen molar-refractivity contribution in [2.24, 2.45) is 4.99 Å². The first-order valence-electron chi connectivity index (χ1n) is 8.68. The number of aliphatic imine (C=N–C) groups is 1. The minimum Gasteiger partial charge on any atom is -0.356 e. The summed E-state index contributed by atoms with van der Waals surface area (Å²) < 4.78 is 1.95. The zero-order chi connectivity index (χ0) is 16.3. The second-order valence-corrected chi connectivity index (χ2v) is 5.82. The Bertz CT molecular complexity index is 441. The third-order valence-corrected chi connectivity index (χ3v) is 4.27. The van der Waals surface area contributed by atoms with Crippen LogP contribution in [-0.4, -0.2) is 84.9 Å². The maximum absolute atomic E-state index is 4.28. The molecule has 24 heavy (non-hydrogen) atoms. The Kier molecular flexibility index (Phi) is 11.0. The molecule has 2 N–H and O–H groups in total. The normalized spacial score (nSPS) is 16.7. The zero-order valence-electron chi connectivity index (χ0n) is 14.9. The molecule has 138 valence electrons. The van der Waals surface area contributed by atoms with Crippen molar-refractivity contribution >= 4 is 29.9 Å². The van der Waals surface area contributed by atoms with E-state index >= 15 is 0 Å². The number of piperazine rings is 1. The summed E-state index contributed by atoms with van der Waals surface area (Å²) in [6.45, 7) is 12.0. The fraction of sp³-hybridized carbons (Fsp3) is 0.750. The molecule has 1 aliphatic rings. The third-order valence-electron chi connectivity index (χ3n) is 4.27. The minimum absolute atomic E-state index is 0. The highest BCUT2D eigenvalue weighted by Crippen LogP contribution is 1.99. The van der Waals surface area contributed by atoms with Crippen molar-refractivity contribution in [3.05, 3.63) is 18.5 Å². The van der Waals surface area contributed by atoms with Crippen molar-refractivity contribution < 1.29 is 0 Å². The highest BCUT2D eigenvalue weighted by atomic mass is 127. The summed E-state index contributed by atoms with van der Waals surface area (Å²) in [6, 6.07) is 1.95. The quantitative estimate of drug-likeness (QED) is 0.265. The van der Waals surface area contributed by atoms with Gasteiger partial charge in [-0.3, -0.25) is 14.6 Å². The van der Waals surface area contributed by atoms with Gasteiger partial charge in [-0.15, -0.1) is 24.0 Å². The molecule has 7 nitrogen and oxygen atoms in total. The second kappa shape index (κ2) is 12.5. The van der Waals surface area contributed by atoms with E-state index in [1.165, 1.54) is 32.7 Å². The molecular formula is C16H32IN7.